The number of benzene rings is 2. The lowest BCUT2D eigenvalue weighted by Gasteiger charge is -2.11. The quantitative estimate of drug-likeness (QED) is 0.703. The summed E-state index contributed by atoms with van der Waals surface area (Å²) in [6.45, 7) is 4.15. The van der Waals surface area contributed by atoms with Crippen molar-refractivity contribution < 1.29 is 0 Å². The van der Waals surface area contributed by atoms with Gasteiger partial charge in [-0.1, -0.05) is 41.1 Å². The Balaban J connectivity index is 2.17. The van der Waals surface area contributed by atoms with Crippen molar-refractivity contribution in [2.45, 2.75) is 23.6 Å². The predicted molar refractivity (Wildman–Crippen MR) is 89.2 cm³/mol. The fourth-order valence-electron chi connectivity index (χ4n) is 2.36. The maximum absolute atomic E-state index is 12.1. The third-order valence-electron chi connectivity index (χ3n) is 3.61. The lowest BCUT2D eigenvalue weighted by molar-refractivity contribution is 0.898. The van der Waals surface area contributed by atoms with Crippen molar-refractivity contribution in [3.05, 3.63) is 70.0 Å². The molecule has 3 heteroatoms. The minimum atomic E-state index is 0.0287. The zero-order chi connectivity index (χ0) is 15.0. The monoisotopic (exact) mass is 295 g/mol. The molecule has 0 radical (unpaired) electrons. The van der Waals surface area contributed by atoms with Gasteiger partial charge in [-0.05, 0) is 38.1 Å². The first-order chi connectivity index (χ1) is 10.0. The number of aryl methyl sites for hydroxylation is 3. The second-order valence-corrected chi connectivity index (χ2v) is 6.46. The summed E-state index contributed by atoms with van der Waals surface area (Å²) in [6, 6.07) is 16.3. The lowest BCUT2D eigenvalue weighted by Crippen LogP contribution is -2.16. The van der Waals surface area contributed by atoms with Gasteiger partial charge >= 0.3 is 0 Å². The average molecular weight is 295 g/mol. The van der Waals surface area contributed by atoms with Crippen LogP contribution in [0.25, 0.3) is 10.9 Å². The van der Waals surface area contributed by atoms with Gasteiger partial charge in [0, 0.05) is 28.3 Å². The molecule has 0 atom stereocenters. The molecule has 0 aliphatic carbocycles. The highest BCUT2D eigenvalue weighted by Gasteiger charge is 2.08. The number of pyridine rings is 1. The van der Waals surface area contributed by atoms with Crippen molar-refractivity contribution in [1.29, 1.82) is 0 Å². The van der Waals surface area contributed by atoms with E-state index in [4.69, 9.17) is 0 Å². The molecule has 21 heavy (non-hydrogen) atoms. The minimum absolute atomic E-state index is 0.0287. The van der Waals surface area contributed by atoms with Crippen LogP contribution >= 0.6 is 11.8 Å². The molecule has 0 saturated heterocycles. The number of aromatic nitrogens is 1. The number of nitrogens with zero attached hydrogens (tertiary/aromatic N) is 1. The van der Waals surface area contributed by atoms with E-state index in [1.54, 1.807) is 22.4 Å². The topological polar surface area (TPSA) is 22.0 Å². The first-order valence-corrected chi connectivity index (χ1v) is 7.71. The van der Waals surface area contributed by atoms with Gasteiger partial charge in [-0.3, -0.25) is 4.79 Å². The summed E-state index contributed by atoms with van der Waals surface area (Å²) in [5.41, 5.74) is 3.44. The van der Waals surface area contributed by atoms with E-state index in [2.05, 4.69) is 44.2 Å². The van der Waals surface area contributed by atoms with Gasteiger partial charge in [-0.25, -0.2) is 0 Å². The van der Waals surface area contributed by atoms with E-state index in [0.717, 1.165) is 20.7 Å². The standard InChI is InChI=1S/C18H17NOS/c1-12-4-7-14(8-5-12)21-17-11-18(20)19(3)16-9-6-13(2)10-15(16)17/h4-11H,1-3H3. The second kappa shape index (κ2) is 5.41. The summed E-state index contributed by atoms with van der Waals surface area (Å²) in [5.74, 6) is 0. The molecule has 0 aliphatic rings. The van der Waals surface area contributed by atoms with Crippen LogP contribution in [-0.2, 0) is 7.05 Å². The van der Waals surface area contributed by atoms with E-state index in [1.807, 2.05) is 19.2 Å². The van der Waals surface area contributed by atoms with E-state index in [1.165, 1.54) is 11.1 Å². The Morgan fingerprint density at radius 3 is 2.29 bits per heavy atom. The Bertz CT molecular complexity index is 863. The first kappa shape index (κ1) is 14.0. The third-order valence-corrected chi connectivity index (χ3v) is 4.68. The summed E-state index contributed by atoms with van der Waals surface area (Å²) >= 11 is 1.64. The molecule has 0 N–H and O–H groups in total. The van der Waals surface area contributed by atoms with E-state index in [-0.39, 0.29) is 5.56 Å². The molecule has 2 aromatic carbocycles. The molecular weight excluding hydrogens is 278 g/mol. The highest BCUT2D eigenvalue weighted by atomic mass is 32.2. The zero-order valence-corrected chi connectivity index (χ0v) is 13.2. The van der Waals surface area contributed by atoms with Crippen LogP contribution in [0.4, 0.5) is 0 Å². The minimum Gasteiger partial charge on any atom is -0.311 e. The Morgan fingerprint density at radius 2 is 1.57 bits per heavy atom. The first-order valence-electron chi connectivity index (χ1n) is 6.89. The lowest BCUT2D eigenvalue weighted by atomic mass is 10.1. The molecule has 0 bridgehead atoms. The molecule has 0 amide bonds. The molecular formula is C18H17NOS. The Kier molecular flexibility index (Phi) is 3.60. The number of rotatable bonds is 2. The van der Waals surface area contributed by atoms with Gasteiger partial charge in [0.2, 0.25) is 0 Å². The molecule has 0 spiro atoms. The van der Waals surface area contributed by atoms with Crippen molar-refractivity contribution in [1.82, 2.24) is 4.57 Å². The van der Waals surface area contributed by atoms with Gasteiger partial charge in [0.25, 0.3) is 5.56 Å². The largest absolute Gasteiger partial charge is 0.311 e. The van der Waals surface area contributed by atoms with Crippen molar-refractivity contribution in [2.24, 2.45) is 7.05 Å². The predicted octanol–water partition coefficient (Wildman–Crippen LogP) is 4.31. The highest BCUT2D eigenvalue weighted by molar-refractivity contribution is 7.99. The molecule has 1 heterocycles. The van der Waals surface area contributed by atoms with E-state index >= 15 is 0 Å². The molecule has 0 fully saturated rings. The van der Waals surface area contributed by atoms with Gasteiger partial charge in [0.1, 0.15) is 0 Å². The summed E-state index contributed by atoms with van der Waals surface area (Å²) in [4.78, 5) is 14.3. The van der Waals surface area contributed by atoms with Gasteiger partial charge in [-0.2, -0.15) is 0 Å². The zero-order valence-electron chi connectivity index (χ0n) is 12.4. The molecule has 2 nitrogen and oxygen atoms in total. The van der Waals surface area contributed by atoms with Crippen molar-refractivity contribution in [3.63, 3.8) is 0 Å². The molecule has 0 aliphatic heterocycles. The van der Waals surface area contributed by atoms with Gasteiger partial charge < -0.3 is 4.57 Å². The van der Waals surface area contributed by atoms with Crippen LogP contribution in [0.3, 0.4) is 0 Å². The molecule has 0 saturated carbocycles. The summed E-state index contributed by atoms with van der Waals surface area (Å²) < 4.78 is 1.70. The van der Waals surface area contributed by atoms with Gasteiger partial charge in [-0.15, -0.1) is 0 Å². The smallest absolute Gasteiger partial charge is 0.251 e. The molecule has 3 aromatic rings. The SMILES string of the molecule is Cc1ccc(Sc2cc(=O)n(C)c3ccc(C)cc23)cc1. The number of fused-ring (bicyclic) bond motifs is 1. The van der Waals surface area contributed by atoms with Crippen LogP contribution in [-0.4, -0.2) is 4.57 Å². The van der Waals surface area contributed by atoms with Gasteiger partial charge in [0.05, 0.1) is 5.52 Å². The van der Waals surface area contributed by atoms with Gasteiger partial charge in [0.15, 0.2) is 0 Å². The fraction of sp³-hybridized carbons (Fsp3) is 0.167. The molecule has 0 unspecified atom stereocenters. The summed E-state index contributed by atoms with van der Waals surface area (Å²) in [6.07, 6.45) is 0. The summed E-state index contributed by atoms with van der Waals surface area (Å²) in [5, 5.41) is 1.13. The van der Waals surface area contributed by atoms with Crippen molar-refractivity contribution in [3.8, 4) is 0 Å². The maximum atomic E-state index is 12.1. The average Bonchev–Trinajstić information content (AvgIpc) is 2.47. The Labute approximate surface area is 128 Å². The van der Waals surface area contributed by atoms with Crippen LogP contribution in [0.1, 0.15) is 11.1 Å². The Hall–Kier alpha value is -2.00. The molecule has 1 aromatic heterocycles. The van der Waals surface area contributed by atoms with Crippen LogP contribution in [0.15, 0.2) is 63.1 Å². The van der Waals surface area contributed by atoms with Crippen LogP contribution in [0, 0.1) is 13.8 Å². The van der Waals surface area contributed by atoms with Crippen LogP contribution < -0.4 is 5.56 Å². The Morgan fingerprint density at radius 1 is 0.905 bits per heavy atom. The van der Waals surface area contributed by atoms with Crippen molar-refractivity contribution in [2.75, 3.05) is 0 Å². The van der Waals surface area contributed by atoms with E-state index in [9.17, 15) is 4.79 Å². The molecule has 106 valence electrons. The highest BCUT2D eigenvalue weighted by Crippen LogP contribution is 2.32. The van der Waals surface area contributed by atoms with Crippen molar-refractivity contribution >= 4 is 22.7 Å². The third kappa shape index (κ3) is 2.74. The summed E-state index contributed by atoms with van der Waals surface area (Å²) in [7, 11) is 1.82. The fourth-order valence-corrected chi connectivity index (χ4v) is 3.32. The van der Waals surface area contributed by atoms with Crippen LogP contribution in [0.5, 0.6) is 0 Å². The number of hydrogen-bond acceptors (Lipinski definition) is 2. The molecule has 3 rings (SSSR count). The van der Waals surface area contributed by atoms with Crippen LogP contribution in [0.2, 0.25) is 0 Å². The number of hydrogen-bond donors (Lipinski definition) is 0. The van der Waals surface area contributed by atoms with E-state index < -0.39 is 0 Å². The second-order valence-electron chi connectivity index (χ2n) is 5.34. The van der Waals surface area contributed by atoms with E-state index in [0.29, 0.717) is 0 Å². The maximum Gasteiger partial charge on any atom is 0.251 e. The normalized spacial score (nSPS) is 11.0.